The number of unbranched alkanes of at least 4 members (excludes halogenated alkanes) is 1. The third-order valence-electron chi connectivity index (χ3n) is 4.15. The van der Waals surface area contributed by atoms with Crippen molar-refractivity contribution in [2.24, 2.45) is 5.92 Å². The van der Waals surface area contributed by atoms with E-state index in [0.29, 0.717) is 0 Å². The molecule has 0 spiro atoms. The molecule has 1 nitrogen and oxygen atoms in total. The Morgan fingerprint density at radius 1 is 1.07 bits per heavy atom. The zero-order valence-electron chi connectivity index (χ0n) is 9.60. The molecule has 1 saturated carbocycles. The highest BCUT2D eigenvalue weighted by Gasteiger charge is 2.30. The first-order valence-electron chi connectivity index (χ1n) is 6.66. The summed E-state index contributed by atoms with van der Waals surface area (Å²) < 4.78 is 0. The Bertz CT molecular complexity index is 167. The molecule has 1 unspecified atom stereocenters. The molecule has 0 aromatic rings. The summed E-state index contributed by atoms with van der Waals surface area (Å²) in [5, 5.41) is 3.89. The molecule has 0 bridgehead atoms. The van der Waals surface area contributed by atoms with Crippen LogP contribution in [0.4, 0.5) is 0 Å². The van der Waals surface area contributed by atoms with E-state index in [1.807, 2.05) is 0 Å². The summed E-state index contributed by atoms with van der Waals surface area (Å²) in [6.45, 7) is 2.30. The molecule has 2 rings (SSSR count). The molecule has 0 amide bonds. The van der Waals surface area contributed by atoms with Crippen molar-refractivity contribution in [2.75, 3.05) is 0 Å². The predicted octanol–water partition coefficient (Wildman–Crippen LogP) is 3.49. The van der Waals surface area contributed by atoms with Crippen LogP contribution in [0.1, 0.15) is 64.7 Å². The van der Waals surface area contributed by atoms with Gasteiger partial charge in [0.2, 0.25) is 0 Å². The number of fused-ring (bicyclic) bond motifs is 1. The standard InChI is InChI=1S/C13H25N/c1-2-3-7-12-10-9-11-6-4-5-8-13(11)14-12/h11-14H,2-10H2,1H3/t11-,12?,13-/m1/s1. The van der Waals surface area contributed by atoms with Gasteiger partial charge in [0.1, 0.15) is 0 Å². The second-order valence-electron chi connectivity index (χ2n) is 5.23. The average molecular weight is 195 g/mol. The smallest absolute Gasteiger partial charge is 0.00979 e. The molecule has 1 saturated heterocycles. The van der Waals surface area contributed by atoms with Crippen molar-refractivity contribution in [1.29, 1.82) is 0 Å². The third kappa shape index (κ3) is 2.50. The molecule has 1 heteroatoms. The quantitative estimate of drug-likeness (QED) is 0.727. The second-order valence-corrected chi connectivity index (χ2v) is 5.23. The predicted molar refractivity (Wildman–Crippen MR) is 61.4 cm³/mol. The summed E-state index contributed by atoms with van der Waals surface area (Å²) >= 11 is 0. The van der Waals surface area contributed by atoms with Crippen molar-refractivity contribution >= 4 is 0 Å². The maximum absolute atomic E-state index is 3.89. The van der Waals surface area contributed by atoms with Crippen LogP contribution in [0.15, 0.2) is 0 Å². The fraction of sp³-hybridized carbons (Fsp3) is 1.00. The minimum atomic E-state index is 0.856. The minimum absolute atomic E-state index is 0.856. The summed E-state index contributed by atoms with van der Waals surface area (Å²) in [7, 11) is 0. The van der Waals surface area contributed by atoms with Crippen LogP contribution in [0.25, 0.3) is 0 Å². The van der Waals surface area contributed by atoms with Gasteiger partial charge in [0.15, 0.2) is 0 Å². The largest absolute Gasteiger partial charge is 0.311 e. The van der Waals surface area contributed by atoms with E-state index in [1.165, 1.54) is 57.8 Å². The molecule has 0 aromatic carbocycles. The Kier molecular flexibility index (Phi) is 3.86. The molecule has 2 aliphatic rings. The van der Waals surface area contributed by atoms with Gasteiger partial charge in [-0.25, -0.2) is 0 Å². The van der Waals surface area contributed by atoms with Crippen LogP contribution in [0.3, 0.4) is 0 Å². The van der Waals surface area contributed by atoms with Crippen molar-refractivity contribution in [3.8, 4) is 0 Å². The summed E-state index contributed by atoms with van der Waals surface area (Å²) in [6, 6.07) is 1.74. The topological polar surface area (TPSA) is 12.0 Å². The number of nitrogens with one attached hydrogen (secondary N) is 1. The van der Waals surface area contributed by atoms with Crippen molar-refractivity contribution < 1.29 is 0 Å². The van der Waals surface area contributed by atoms with Gasteiger partial charge in [-0.05, 0) is 38.0 Å². The van der Waals surface area contributed by atoms with Gasteiger partial charge in [-0.15, -0.1) is 0 Å². The van der Waals surface area contributed by atoms with Gasteiger partial charge in [0.25, 0.3) is 0 Å². The lowest BCUT2D eigenvalue weighted by atomic mass is 9.77. The molecule has 2 fully saturated rings. The Hall–Kier alpha value is -0.0400. The monoisotopic (exact) mass is 195 g/mol. The Labute approximate surface area is 88.7 Å². The number of rotatable bonds is 3. The fourth-order valence-corrected chi connectivity index (χ4v) is 3.25. The van der Waals surface area contributed by atoms with Crippen LogP contribution in [0.5, 0.6) is 0 Å². The summed E-state index contributed by atoms with van der Waals surface area (Å²) in [6.07, 6.45) is 13.0. The van der Waals surface area contributed by atoms with E-state index in [-0.39, 0.29) is 0 Å². The van der Waals surface area contributed by atoms with Gasteiger partial charge in [0, 0.05) is 12.1 Å². The molecule has 14 heavy (non-hydrogen) atoms. The summed E-state index contributed by atoms with van der Waals surface area (Å²) in [4.78, 5) is 0. The summed E-state index contributed by atoms with van der Waals surface area (Å²) in [5.74, 6) is 1.03. The molecular formula is C13H25N. The van der Waals surface area contributed by atoms with Crippen LogP contribution >= 0.6 is 0 Å². The Morgan fingerprint density at radius 3 is 2.79 bits per heavy atom. The van der Waals surface area contributed by atoms with Crippen LogP contribution in [-0.4, -0.2) is 12.1 Å². The van der Waals surface area contributed by atoms with Gasteiger partial charge in [-0.3, -0.25) is 0 Å². The molecule has 1 N–H and O–H groups in total. The van der Waals surface area contributed by atoms with Gasteiger partial charge < -0.3 is 5.32 Å². The highest BCUT2D eigenvalue weighted by atomic mass is 15.0. The van der Waals surface area contributed by atoms with Crippen LogP contribution in [-0.2, 0) is 0 Å². The molecule has 1 heterocycles. The maximum Gasteiger partial charge on any atom is 0.00979 e. The first kappa shape index (κ1) is 10.5. The van der Waals surface area contributed by atoms with E-state index >= 15 is 0 Å². The Balaban J connectivity index is 1.77. The van der Waals surface area contributed by atoms with Gasteiger partial charge in [0.05, 0.1) is 0 Å². The molecule has 3 atom stereocenters. The maximum atomic E-state index is 3.89. The average Bonchev–Trinajstić information content (AvgIpc) is 2.26. The minimum Gasteiger partial charge on any atom is -0.311 e. The highest BCUT2D eigenvalue weighted by Crippen LogP contribution is 2.33. The lowest BCUT2D eigenvalue weighted by Crippen LogP contribution is -2.48. The number of hydrogen-bond acceptors (Lipinski definition) is 1. The third-order valence-corrected chi connectivity index (χ3v) is 4.15. The van der Waals surface area contributed by atoms with Crippen LogP contribution in [0.2, 0.25) is 0 Å². The summed E-state index contributed by atoms with van der Waals surface area (Å²) in [5.41, 5.74) is 0. The lowest BCUT2D eigenvalue weighted by molar-refractivity contribution is 0.170. The van der Waals surface area contributed by atoms with E-state index in [1.54, 1.807) is 0 Å². The van der Waals surface area contributed by atoms with E-state index < -0.39 is 0 Å². The zero-order chi connectivity index (χ0) is 9.80. The van der Waals surface area contributed by atoms with Gasteiger partial charge in [-0.1, -0.05) is 32.6 Å². The van der Waals surface area contributed by atoms with Crippen molar-refractivity contribution in [1.82, 2.24) is 5.32 Å². The fourth-order valence-electron chi connectivity index (χ4n) is 3.25. The van der Waals surface area contributed by atoms with Crippen LogP contribution < -0.4 is 5.32 Å². The number of piperidine rings is 1. The number of hydrogen-bond donors (Lipinski definition) is 1. The van der Waals surface area contributed by atoms with E-state index in [4.69, 9.17) is 0 Å². The van der Waals surface area contributed by atoms with E-state index in [0.717, 1.165) is 18.0 Å². The van der Waals surface area contributed by atoms with Crippen molar-refractivity contribution in [3.63, 3.8) is 0 Å². The molecule has 1 aliphatic heterocycles. The highest BCUT2D eigenvalue weighted by molar-refractivity contribution is 4.88. The SMILES string of the molecule is CCCCC1CC[C@H]2CCCC[C@H]2N1. The first-order chi connectivity index (χ1) is 6.90. The van der Waals surface area contributed by atoms with E-state index in [9.17, 15) is 0 Å². The normalized spacial score (nSPS) is 37.9. The lowest BCUT2D eigenvalue weighted by Gasteiger charge is -2.40. The Morgan fingerprint density at radius 2 is 1.93 bits per heavy atom. The van der Waals surface area contributed by atoms with Gasteiger partial charge >= 0.3 is 0 Å². The molecular weight excluding hydrogens is 170 g/mol. The van der Waals surface area contributed by atoms with E-state index in [2.05, 4.69) is 12.2 Å². The molecule has 0 aromatic heterocycles. The van der Waals surface area contributed by atoms with Crippen molar-refractivity contribution in [2.45, 2.75) is 76.8 Å². The molecule has 82 valence electrons. The molecule has 0 radical (unpaired) electrons. The molecule has 1 aliphatic carbocycles. The second kappa shape index (κ2) is 5.16. The first-order valence-corrected chi connectivity index (χ1v) is 6.66. The van der Waals surface area contributed by atoms with Gasteiger partial charge in [-0.2, -0.15) is 0 Å². The zero-order valence-corrected chi connectivity index (χ0v) is 9.60. The van der Waals surface area contributed by atoms with Crippen molar-refractivity contribution in [3.05, 3.63) is 0 Å². The van der Waals surface area contributed by atoms with Crippen LogP contribution in [0, 0.1) is 5.92 Å².